The van der Waals surface area contributed by atoms with E-state index in [0.717, 1.165) is 34.8 Å². The predicted octanol–water partition coefficient (Wildman–Crippen LogP) is 5.92. The quantitative estimate of drug-likeness (QED) is 0.221. The van der Waals surface area contributed by atoms with Crippen LogP contribution in [0.25, 0.3) is 22.2 Å². The zero-order chi connectivity index (χ0) is 28.3. The average Bonchev–Trinajstić information content (AvgIpc) is 3.40. The Bertz CT molecular complexity index is 1670. The predicted molar refractivity (Wildman–Crippen MR) is 143 cm³/mol. The molecule has 1 amide bonds. The highest BCUT2D eigenvalue weighted by molar-refractivity contribution is 6.05. The Morgan fingerprint density at radius 1 is 0.950 bits per heavy atom. The second kappa shape index (κ2) is 10.9. The number of hydrogen-bond donors (Lipinski definition) is 3. The van der Waals surface area contributed by atoms with E-state index in [0.29, 0.717) is 35.1 Å². The van der Waals surface area contributed by atoms with Crippen LogP contribution in [-0.2, 0) is 12.7 Å². The van der Waals surface area contributed by atoms with Gasteiger partial charge in [-0.3, -0.25) is 9.89 Å². The molecule has 3 N–H and O–H groups in total. The van der Waals surface area contributed by atoms with Gasteiger partial charge in [-0.15, -0.1) is 0 Å². The average molecular weight is 549 g/mol. The number of aromatic nitrogens is 4. The highest BCUT2D eigenvalue weighted by Gasteiger charge is 2.31. The maximum atomic E-state index is 13.0. The van der Waals surface area contributed by atoms with E-state index in [1.165, 1.54) is 0 Å². The number of hydrogen-bond acceptors (Lipinski definition) is 7. The number of benzene rings is 2. The molecule has 2 aromatic carbocycles. The van der Waals surface area contributed by atoms with Gasteiger partial charge in [0.15, 0.2) is 0 Å². The summed E-state index contributed by atoms with van der Waals surface area (Å²) in [6, 6.07) is 15.5. The molecule has 9 nitrogen and oxygen atoms in total. The molecule has 0 aliphatic carbocycles. The highest BCUT2D eigenvalue weighted by Crippen LogP contribution is 2.33. The molecule has 5 aromatic rings. The van der Waals surface area contributed by atoms with E-state index in [4.69, 9.17) is 9.47 Å². The van der Waals surface area contributed by atoms with Gasteiger partial charge in [0.2, 0.25) is 0 Å². The Morgan fingerprint density at radius 2 is 1.73 bits per heavy atom. The van der Waals surface area contributed by atoms with Crippen molar-refractivity contribution >= 4 is 28.4 Å². The van der Waals surface area contributed by atoms with E-state index in [1.54, 1.807) is 56.8 Å². The summed E-state index contributed by atoms with van der Waals surface area (Å²) in [4.78, 5) is 21.0. The van der Waals surface area contributed by atoms with Gasteiger partial charge in [0.25, 0.3) is 5.91 Å². The van der Waals surface area contributed by atoms with Gasteiger partial charge in [-0.25, -0.2) is 9.97 Å². The first kappa shape index (κ1) is 26.5. The van der Waals surface area contributed by atoms with Crippen LogP contribution in [0.2, 0.25) is 0 Å². The molecule has 0 aliphatic rings. The van der Waals surface area contributed by atoms with Gasteiger partial charge in [-0.05, 0) is 42.5 Å². The lowest BCUT2D eigenvalue weighted by Gasteiger charge is -2.12. The molecule has 3 aromatic heterocycles. The Morgan fingerprint density at radius 3 is 2.45 bits per heavy atom. The fourth-order valence-corrected chi connectivity index (χ4v) is 4.13. The molecule has 3 heterocycles. The van der Waals surface area contributed by atoms with Crippen molar-refractivity contribution in [2.75, 3.05) is 24.9 Å². The lowest BCUT2D eigenvalue weighted by Crippen LogP contribution is -2.14. The van der Waals surface area contributed by atoms with Crippen molar-refractivity contribution in [2.45, 2.75) is 12.7 Å². The SMILES string of the molecule is COc1ccc(CNc2nccc3[nH]nc(-c4ccc(C(=O)Nc5cc(C(F)(F)F)ccn5)cc4)c23)c(OC)c1. The Balaban J connectivity index is 1.36. The maximum absolute atomic E-state index is 13.0. The van der Waals surface area contributed by atoms with Crippen LogP contribution in [0.3, 0.4) is 0 Å². The highest BCUT2D eigenvalue weighted by atomic mass is 19.4. The number of nitrogens with zero attached hydrogens (tertiary/aromatic N) is 3. The normalized spacial score (nSPS) is 11.3. The molecule has 0 saturated heterocycles. The third-order valence-electron chi connectivity index (χ3n) is 6.17. The van der Waals surface area contributed by atoms with Crippen molar-refractivity contribution in [3.8, 4) is 22.8 Å². The van der Waals surface area contributed by atoms with Crippen LogP contribution in [0.4, 0.5) is 24.8 Å². The number of pyridine rings is 2. The number of anilines is 2. The van der Waals surface area contributed by atoms with Gasteiger partial charge in [0.05, 0.1) is 30.7 Å². The van der Waals surface area contributed by atoms with Gasteiger partial charge in [0.1, 0.15) is 28.8 Å². The molecule has 0 unspecified atom stereocenters. The third kappa shape index (κ3) is 5.51. The van der Waals surface area contributed by atoms with Crippen LogP contribution in [0.15, 0.2) is 73.1 Å². The fourth-order valence-electron chi connectivity index (χ4n) is 4.13. The van der Waals surface area contributed by atoms with E-state index in [9.17, 15) is 18.0 Å². The van der Waals surface area contributed by atoms with Crippen molar-refractivity contribution < 1.29 is 27.4 Å². The topological polar surface area (TPSA) is 114 Å². The Labute approximate surface area is 226 Å². The summed E-state index contributed by atoms with van der Waals surface area (Å²) in [5.74, 6) is 1.15. The van der Waals surface area contributed by atoms with Crippen molar-refractivity contribution in [1.82, 2.24) is 20.2 Å². The van der Waals surface area contributed by atoms with E-state index < -0.39 is 17.6 Å². The van der Waals surface area contributed by atoms with Gasteiger partial charge < -0.3 is 20.1 Å². The number of fused-ring (bicyclic) bond motifs is 1. The van der Waals surface area contributed by atoms with E-state index in [-0.39, 0.29) is 11.4 Å². The molecule has 204 valence electrons. The largest absolute Gasteiger partial charge is 0.497 e. The smallest absolute Gasteiger partial charge is 0.416 e. The monoisotopic (exact) mass is 548 g/mol. The molecule has 12 heteroatoms. The summed E-state index contributed by atoms with van der Waals surface area (Å²) in [6.07, 6.45) is -1.89. The summed E-state index contributed by atoms with van der Waals surface area (Å²) in [5, 5.41) is 13.9. The number of alkyl halides is 3. The summed E-state index contributed by atoms with van der Waals surface area (Å²) < 4.78 is 49.7. The minimum atomic E-state index is -4.54. The second-order valence-corrected chi connectivity index (χ2v) is 8.64. The number of carbonyl (C=O) groups excluding carboxylic acids is 1. The van der Waals surface area contributed by atoms with Crippen LogP contribution in [0, 0.1) is 0 Å². The van der Waals surface area contributed by atoms with Crippen LogP contribution in [0.1, 0.15) is 21.5 Å². The number of H-pyrrole nitrogens is 1. The van der Waals surface area contributed by atoms with Crippen LogP contribution in [-0.4, -0.2) is 40.3 Å². The first-order valence-electron chi connectivity index (χ1n) is 12.0. The van der Waals surface area contributed by atoms with Crippen molar-refractivity contribution in [3.05, 3.63) is 89.7 Å². The number of rotatable bonds is 8. The molecule has 0 fully saturated rings. The number of carbonyl (C=O) groups is 1. The van der Waals surface area contributed by atoms with Crippen molar-refractivity contribution in [2.24, 2.45) is 0 Å². The number of methoxy groups -OCH3 is 2. The lowest BCUT2D eigenvalue weighted by atomic mass is 10.1. The molecule has 0 radical (unpaired) electrons. The maximum Gasteiger partial charge on any atom is 0.416 e. The zero-order valence-corrected chi connectivity index (χ0v) is 21.3. The molecule has 0 bridgehead atoms. The number of ether oxygens (including phenoxy) is 2. The second-order valence-electron chi connectivity index (χ2n) is 8.64. The van der Waals surface area contributed by atoms with E-state index in [2.05, 4.69) is 30.8 Å². The minimum Gasteiger partial charge on any atom is -0.497 e. The van der Waals surface area contributed by atoms with Crippen LogP contribution in [0.5, 0.6) is 11.5 Å². The van der Waals surface area contributed by atoms with Crippen molar-refractivity contribution in [1.29, 1.82) is 0 Å². The molecular formula is C28H23F3N6O3. The molecule has 0 spiro atoms. The van der Waals surface area contributed by atoms with Gasteiger partial charge in [0, 0.05) is 41.7 Å². The first-order valence-corrected chi connectivity index (χ1v) is 12.0. The summed E-state index contributed by atoms with van der Waals surface area (Å²) in [7, 11) is 3.18. The number of amides is 1. The van der Waals surface area contributed by atoms with Gasteiger partial charge >= 0.3 is 6.18 Å². The number of aromatic amines is 1. The molecule has 0 saturated carbocycles. The molecule has 5 rings (SSSR count). The number of nitrogens with one attached hydrogen (secondary N) is 3. The van der Waals surface area contributed by atoms with E-state index in [1.807, 2.05) is 12.1 Å². The van der Waals surface area contributed by atoms with Crippen LogP contribution >= 0.6 is 0 Å². The lowest BCUT2D eigenvalue weighted by molar-refractivity contribution is -0.137. The Kier molecular flexibility index (Phi) is 7.23. The summed E-state index contributed by atoms with van der Waals surface area (Å²) >= 11 is 0. The van der Waals surface area contributed by atoms with Crippen molar-refractivity contribution in [3.63, 3.8) is 0 Å². The van der Waals surface area contributed by atoms with Gasteiger partial charge in [-0.1, -0.05) is 12.1 Å². The van der Waals surface area contributed by atoms with Crippen LogP contribution < -0.4 is 20.1 Å². The molecular weight excluding hydrogens is 525 g/mol. The standard InChI is InChI=1S/C28H23F3N6O3/c1-39-20-8-7-18(22(14-20)40-2)15-34-26-24-21(10-12-33-26)36-37-25(24)16-3-5-17(6-4-16)27(38)35-23-13-19(9-11-32-23)28(29,30)31/h3-14H,15H2,1-2H3,(H,33,34)(H,36,37)(H,32,35,38). The van der Waals surface area contributed by atoms with E-state index >= 15 is 0 Å². The first-order chi connectivity index (χ1) is 19.3. The fraction of sp³-hybridized carbons (Fsp3) is 0.143. The third-order valence-corrected chi connectivity index (χ3v) is 6.17. The van der Waals surface area contributed by atoms with Gasteiger partial charge in [-0.2, -0.15) is 18.3 Å². The summed E-state index contributed by atoms with van der Waals surface area (Å²) in [5.41, 5.74) is 2.31. The number of halogens is 3. The molecule has 40 heavy (non-hydrogen) atoms. The molecule has 0 aliphatic heterocycles. The minimum absolute atomic E-state index is 0.197. The zero-order valence-electron chi connectivity index (χ0n) is 21.3. The molecule has 0 atom stereocenters. The summed E-state index contributed by atoms with van der Waals surface area (Å²) in [6.45, 7) is 0.423. The Hall–Kier alpha value is -5.13.